The third kappa shape index (κ3) is 4.75. The number of hydrazone groups is 1. The van der Waals surface area contributed by atoms with Crippen molar-refractivity contribution in [2.75, 3.05) is 19.0 Å². The number of hydrogen-bond acceptors (Lipinski definition) is 5. The molecule has 7 heteroatoms. The van der Waals surface area contributed by atoms with Gasteiger partial charge >= 0.3 is 0 Å². The number of hydrogen-bond donors (Lipinski definition) is 2. The van der Waals surface area contributed by atoms with Gasteiger partial charge in [0, 0.05) is 5.69 Å². The number of amides is 1. The van der Waals surface area contributed by atoms with Crippen molar-refractivity contribution in [3.05, 3.63) is 45.6 Å². The Bertz CT molecular complexity index is 668. The van der Waals surface area contributed by atoms with Gasteiger partial charge in [-0.1, -0.05) is 11.6 Å². The lowest BCUT2D eigenvalue weighted by Gasteiger charge is -2.06. The van der Waals surface area contributed by atoms with Gasteiger partial charge in [0.05, 0.1) is 28.6 Å². The molecule has 0 aliphatic carbocycles. The molecule has 0 aliphatic rings. The summed E-state index contributed by atoms with van der Waals surface area (Å²) in [6, 6.07) is 11.0. The van der Waals surface area contributed by atoms with Gasteiger partial charge in [0.25, 0.3) is 5.91 Å². The minimum absolute atomic E-state index is 0.133. The Morgan fingerprint density at radius 1 is 1.27 bits per heavy atom. The van der Waals surface area contributed by atoms with Gasteiger partial charge < -0.3 is 10.1 Å². The van der Waals surface area contributed by atoms with Gasteiger partial charge in [-0.2, -0.15) is 5.10 Å². The smallest absolute Gasteiger partial charge is 0.259 e. The number of ether oxygens (including phenoxy) is 1. The van der Waals surface area contributed by atoms with Crippen molar-refractivity contribution in [2.45, 2.75) is 6.92 Å². The summed E-state index contributed by atoms with van der Waals surface area (Å²) >= 11 is 7.28. The van der Waals surface area contributed by atoms with E-state index >= 15 is 0 Å². The second-order valence-electron chi connectivity index (χ2n) is 4.42. The molecule has 0 atom stereocenters. The van der Waals surface area contributed by atoms with Gasteiger partial charge in [-0.25, -0.2) is 5.43 Å². The Morgan fingerprint density at radius 3 is 2.59 bits per heavy atom. The number of nitrogens with one attached hydrogen (secondary N) is 2. The van der Waals surface area contributed by atoms with Crippen LogP contribution in [-0.4, -0.2) is 25.3 Å². The van der Waals surface area contributed by atoms with Crippen molar-refractivity contribution >= 4 is 40.2 Å². The lowest BCUT2D eigenvalue weighted by molar-refractivity contribution is -0.119. The summed E-state index contributed by atoms with van der Waals surface area (Å²) in [6.45, 7) is 1.95. The molecule has 1 heterocycles. The van der Waals surface area contributed by atoms with E-state index in [2.05, 4.69) is 15.8 Å². The fourth-order valence-corrected chi connectivity index (χ4v) is 2.63. The fourth-order valence-electron chi connectivity index (χ4n) is 1.64. The molecule has 22 heavy (non-hydrogen) atoms. The number of carbonyl (C=O) groups excluding carboxylic acids is 1. The molecule has 0 unspecified atom stereocenters. The van der Waals surface area contributed by atoms with Crippen molar-refractivity contribution in [2.24, 2.45) is 5.10 Å². The monoisotopic (exact) mass is 337 g/mol. The van der Waals surface area contributed by atoms with E-state index in [1.807, 2.05) is 37.3 Å². The van der Waals surface area contributed by atoms with Gasteiger partial charge in [-0.15, -0.1) is 11.3 Å². The van der Waals surface area contributed by atoms with Crippen LogP contribution in [0.3, 0.4) is 0 Å². The number of thiophene rings is 1. The molecule has 0 radical (unpaired) electrons. The number of rotatable bonds is 6. The molecular weight excluding hydrogens is 322 g/mol. The van der Waals surface area contributed by atoms with Gasteiger partial charge in [-0.05, 0) is 43.3 Å². The average Bonchev–Trinajstić information content (AvgIpc) is 2.97. The number of halogens is 1. The normalized spacial score (nSPS) is 11.1. The van der Waals surface area contributed by atoms with Gasteiger partial charge in [-0.3, -0.25) is 4.79 Å². The lowest BCUT2D eigenvalue weighted by Crippen LogP contribution is -2.26. The van der Waals surface area contributed by atoms with Crippen LogP contribution >= 0.6 is 22.9 Å². The van der Waals surface area contributed by atoms with E-state index in [1.54, 1.807) is 13.2 Å². The molecule has 1 aromatic heterocycles. The van der Waals surface area contributed by atoms with E-state index in [4.69, 9.17) is 16.3 Å². The molecule has 2 N–H and O–H groups in total. The molecule has 1 aromatic carbocycles. The number of methoxy groups -OCH3 is 1. The summed E-state index contributed by atoms with van der Waals surface area (Å²) in [5, 5.41) is 7.06. The maximum absolute atomic E-state index is 11.8. The summed E-state index contributed by atoms with van der Waals surface area (Å²) in [5.74, 6) is 0.544. The highest BCUT2D eigenvalue weighted by atomic mass is 35.5. The van der Waals surface area contributed by atoms with Gasteiger partial charge in [0.2, 0.25) is 0 Å². The Kier molecular flexibility index (Phi) is 5.80. The summed E-state index contributed by atoms with van der Waals surface area (Å²) in [6.07, 6.45) is 0. The molecule has 0 spiro atoms. The van der Waals surface area contributed by atoms with Crippen LogP contribution in [0.5, 0.6) is 5.75 Å². The molecule has 0 fully saturated rings. The fraction of sp³-hybridized carbons (Fsp3) is 0.200. The predicted octanol–water partition coefficient (Wildman–Crippen LogP) is 3.36. The molecule has 0 bridgehead atoms. The zero-order chi connectivity index (χ0) is 15.9. The molecule has 116 valence electrons. The lowest BCUT2D eigenvalue weighted by atomic mass is 10.3. The standard InChI is InChI=1S/C15H16ClN3O2S/c1-10(13-7-8-14(16)22-13)18-19-15(20)9-17-11-3-5-12(21-2)6-4-11/h3-8,17H,9H2,1-2H3,(H,19,20)/b18-10+. The number of benzene rings is 1. The molecule has 2 rings (SSSR count). The Hall–Kier alpha value is -2.05. The van der Waals surface area contributed by atoms with Crippen LogP contribution in [0.15, 0.2) is 41.5 Å². The molecule has 5 nitrogen and oxygen atoms in total. The first kappa shape index (κ1) is 16.3. The molecule has 0 aliphatic heterocycles. The van der Waals surface area contributed by atoms with Crippen molar-refractivity contribution in [1.82, 2.24) is 5.43 Å². The third-order valence-corrected chi connectivity index (χ3v) is 4.16. The maximum atomic E-state index is 11.8. The third-order valence-electron chi connectivity index (χ3n) is 2.82. The number of carbonyl (C=O) groups is 1. The van der Waals surface area contributed by atoms with Crippen LogP contribution in [0.25, 0.3) is 0 Å². The topological polar surface area (TPSA) is 62.7 Å². The Balaban J connectivity index is 1.82. The summed E-state index contributed by atoms with van der Waals surface area (Å²) in [7, 11) is 1.61. The van der Waals surface area contributed by atoms with Crippen LogP contribution < -0.4 is 15.5 Å². The summed E-state index contributed by atoms with van der Waals surface area (Å²) < 4.78 is 5.76. The van der Waals surface area contributed by atoms with E-state index in [-0.39, 0.29) is 12.5 Å². The molecule has 0 saturated heterocycles. The van der Waals surface area contributed by atoms with Crippen LogP contribution in [-0.2, 0) is 4.79 Å². The van der Waals surface area contributed by atoms with E-state index in [0.717, 1.165) is 22.0 Å². The van der Waals surface area contributed by atoms with E-state index in [0.29, 0.717) is 4.34 Å². The highest BCUT2D eigenvalue weighted by molar-refractivity contribution is 7.18. The minimum atomic E-state index is -0.224. The van der Waals surface area contributed by atoms with Crippen LogP contribution in [0.1, 0.15) is 11.8 Å². The quantitative estimate of drug-likeness (QED) is 0.627. The van der Waals surface area contributed by atoms with E-state index < -0.39 is 0 Å². The highest BCUT2D eigenvalue weighted by Crippen LogP contribution is 2.21. The van der Waals surface area contributed by atoms with Gasteiger partial charge in [0.15, 0.2) is 0 Å². The first-order chi connectivity index (χ1) is 10.6. The Morgan fingerprint density at radius 2 is 2.00 bits per heavy atom. The first-order valence-corrected chi connectivity index (χ1v) is 7.74. The van der Waals surface area contributed by atoms with Crippen molar-refractivity contribution in [1.29, 1.82) is 0 Å². The molecular formula is C15H16ClN3O2S. The van der Waals surface area contributed by atoms with E-state index in [1.165, 1.54) is 11.3 Å². The van der Waals surface area contributed by atoms with Gasteiger partial charge in [0.1, 0.15) is 5.75 Å². The predicted molar refractivity (Wildman–Crippen MR) is 91.2 cm³/mol. The number of anilines is 1. The SMILES string of the molecule is COc1ccc(NCC(=O)N/N=C(\C)c2ccc(Cl)s2)cc1. The minimum Gasteiger partial charge on any atom is -0.497 e. The van der Waals surface area contributed by atoms with Crippen LogP contribution in [0.4, 0.5) is 5.69 Å². The second-order valence-corrected chi connectivity index (χ2v) is 6.13. The molecule has 1 amide bonds. The average molecular weight is 338 g/mol. The zero-order valence-corrected chi connectivity index (χ0v) is 13.8. The van der Waals surface area contributed by atoms with Crippen LogP contribution in [0, 0.1) is 0 Å². The highest BCUT2D eigenvalue weighted by Gasteiger charge is 2.04. The number of nitrogens with zero attached hydrogens (tertiary/aromatic N) is 1. The van der Waals surface area contributed by atoms with Crippen molar-refractivity contribution in [3.8, 4) is 5.75 Å². The zero-order valence-electron chi connectivity index (χ0n) is 12.2. The second kappa shape index (κ2) is 7.82. The first-order valence-electron chi connectivity index (χ1n) is 6.55. The largest absolute Gasteiger partial charge is 0.497 e. The van der Waals surface area contributed by atoms with Crippen molar-refractivity contribution in [3.63, 3.8) is 0 Å². The summed E-state index contributed by atoms with van der Waals surface area (Å²) in [5.41, 5.74) is 4.06. The van der Waals surface area contributed by atoms with Crippen LogP contribution in [0.2, 0.25) is 4.34 Å². The maximum Gasteiger partial charge on any atom is 0.259 e. The van der Waals surface area contributed by atoms with E-state index in [9.17, 15) is 4.79 Å². The molecule has 0 saturated carbocycles. The summed E-state index contributed by atoms with van der Waals surface area (Å²) in [4.78, 5) is 12.7. The Labute approximate surface area is 137 Å². The molecule has 2 aromatic rings. The van der Waals surface area contributed by atoms with Crippen molar-refractivity contribution < 1.29 is 9.53 Å².